The highest BCUT2D eigenvalue weighted by Crippen LogP contribution is 2.35. The summed E-state index contributed by atoms with van der Waals surface area (Å²) in [5, 5.41) is 20.2. The van der Waals surface area contributed by atoms with Gasteiger partial charge in [0.1, 0.15) is 18.1 Å². The number of hydrogen-bond donors (Lipinski definition) is 4. The second-order valence-corrected chi connectivity index (χ2v) is 9.06. The first kappa shape index (κ1) is 28.5. The molecule has 0 unspecified atom stereocenters. The number of carbonyl (C=O) groups is 2. The van der Waals surface area contributed by atoms with Gasteiger partial charge in [0.2, 0.25) is 0 Å². The molecule has 2 atom stereocenters. The van der Waals surface area contributed by atoms with Crippen molar-refractivity contribution in [2.24, 2.45) is 5.10 Å². The maximum Gasteiger partial charge on any atom is 0.337 e. The van der Waals surface area contributed by atoms with Gasteiger partial charge in [-0.3, -0.25) is 5.43 Å². The summed E-state index contributed by atoms with van der Waals surface area (Å²) in [6.45, 7) is 3.62. The van der Waals surface area contributed by atoms with Crippen molar-refractivity contribution in [2.75, 3.05) is 20.3 Å². The Morgan fingerprint density at radius 3 is 2.77 bits per heavy atom. The first-order valence-corrected chi connectivity index (χ1v) is 12.8. The van der Waals surface area contributed by atoms with Crippen molar-refractivity contribution in [3.05, 3.63) is 82.2 Å². The number of benzene rings is 2. The number of carbonyl (C=O) groups excluding carboxylic acids is 2. The molecular weight excluding hydrogens is 540 g/mol. The normalized spacial score (nSPS) is 15.8. The number of halogens is 1. The zero-order chi connectivity index (χ0) is 28.6. The third-order valence-corrected chi connectivity index (χ3v) is 6.06. The number of aliphatic hydroxyl groups excluding tert-OH is 1. The maximum absolute atomic E-state index is 12.4. The van der Waals surface area contributed by atoms with Gasteiger partial charge in [-0.1, -0.05) is 29.8 Å². The standard InChI is InChI=1S/C28H29ClN4O7/c1-4-38-23-13-18(26-25(27(35)37-3)16(2)31-28(36)32-26)8-10-22(23)39-15-24(34)33-30-14-20-9-11-21(40-20)17-6-5-7-19(29)12-17/h5-14,24,26,33-34H,4,15H2,1-3H3,(H2,31,32,36)/b30-14-/t24-,26+/m0/s1. The Morgan fingerprint density at radius 2 is 2.02 bits per heavy atom. The number of allylic oxidation sites excluding steroid dienone is 1. The van der Waals surface area contributed by atoms with E-state index in [0.717, 1.165) is 5.56 Å². The summed E-state index contributed by atoms with van der Waals surface area (Å²) in [5.41, 5.74) is 4.66. The van der Waals surface area contributed by atoms with Crippen molar-refractivity contribution < 1.29 is 33.3 Å². The number of aliphatic hydroxyl groups is 1. The van der Waals surface area contributed by atoms with Crippen LogP contribution in [0.2, 0.25) is 5.02 Å². The van der Waals surface area contributed by atoms with Crippen LogP contribution in [0, 0.1) is 0 Å². The van der Waals surface area contributed by atoms with Crippen LogP contribution in [0.4, 0.5) is 4.79 Å². The van der Waals surface area contributed by atoms with Crippen molar-refractivity contribution in [3.63, 3.8) is 0 Å². The van der Waals surface area contributed by atoms with Gasteiger partial charge in [0.05, 0.1) is 31.5 Å². The minimum absolute atomic E-state index is 0.154. The Bertz CT molecular complexity index is 1440. The summed E-state index contributed by atoms with van der Waals surface area (Å²) in [4.78, 5) is 24.5. The number of ether oxygens (including phenoxy) is 3. The lowest BCUT2D eigenvalue weighted by molar-refractivity contribution is -0.136. The Balaban J connectivity index is 1.39. The molecule has 3 aromatic rings. The number of nitrogens with zero attached hydrogens (tertiary/aromatic N) is 1. The summed E-state index contributed by atoms with van der Waals surface area (Å²) in [6, 6.07) is 14.6. The summed E-state index contributed by atoms with van der Waals surface area (Å²) in [6.07, 6.45) is 0.285. The van der Waals surface area contributed by atoms with E-state index in [1.807, 2.05) is 19.1 Å². The number of furan rings is 1. The lowest BCUT2D eigenvalue weighted by Gasteiger charge is -2.28. The van der Waals surface area contributed by atoms with Crippen molar-refractivity contribution in [1.29, 1.82) is 0 Å². The van der Waals surface area contributed by atoms with Crippen LogP contribution in [0.1, 0.15) is 31.2 Å². The van der Waals surface area contributed by atoms with Gasteiger partial charge in [-0.25, -0.2) is 9.59 Å². The van der Waals surface area contributed by atoms with E-state index in [2.05, 4.69) is 21.2 Å². The fourth-order valence-electron chi connectivity index (χ4n) is 4.03. The average molecular weight is 569 g/mol. The molecule has 2 amide bonds. The lowest BCUT2D eigenvalue weighted by atomic mass is 9.95. The zero-order valence-corrected chi connectivity index (χ0v) is 22.8. The second-order valence-electron chi connectivity index (χ2n) is 8.63. The molecule has 1 aliphatic heterocycles. The predicted octanol–water partition coefficient (Wildman–Crippen LogP) is 4.12. The highest BCUT2D eigenvalue weighted by molar-refractivity contribution is 6.30. The van der Waals surface area contributed by atoms with Gasteiger partial charge >= 0.3 is 12.0 Å². The van der Waals surface area contributed by atoms with E-state index in [9.17, 15) is 14.7 Å². The fourth-order valence-corrected chi connectivity index (χ4v) is 4.22. The molecule has 0 saturated carbocycles. The quantitative estimate of drug-likeness (QED) is 0.117. The molecule has 0 fully saturated rings. The number of hydrogen-bond acceptors (Lipinski definition) is 9. The zero-order valence-electron chi connectivity index (χ0n) is 22.1. The first-order chi connectivity index (χ1) is 19.3. The van der Waals surface area contributed by atoms with Crippen LogP contribution in [0.3, 0.4) is 0 Å². The van der Waals surface area contributed by atoms with Gasteiger partial charge in [-0.15, -0.1) is 0 Å². The van der Waals surface area contributed by atoms with Gasteiger partial charge in [0, 0.05) is 16.3 Å². The third-order valence-electron chi connectivity index (χ3n) is 5.82. The van der Waals surface area contributed by atoms with E-state index < -0.39 is 24.3 Å². The molecule has 0 spiro atoms. The van der Waals surface area contributed by atoms with Crippen molar-refractivity contribution >= 4 is 29.8 Å². The molecule has 1 aromatic heterocycles. The Kier molecular flexibility index (Phi) is 9.31. The molecule has 11 nitrogen and oxygen atoms in total. The molecule has 210 valence electrons. The van der Waals surface area contributed by atoms with E-state index in [0.29, 0.717) is 45.9 Å². The molecule has 4 rings (SSSR count). The van der Waals surface area contributed by atoms with E-state index in [1.54, 1.807) is 49.4 Å². The van der Waals surface area contributed by atoms with Gasteiger partial charge < -0.3 is 34.4 Å². The van der Waals surface area contributed by atoms with E-state index in [-0.39, 0.29) is 12.2 Å². The molecule has 0 bridgehead atoms. The summed E-state index contributed by atoms with van der Waals surface area (Å²) < 4.78 is 22.1. The average Bonchev–Trinajstić information content (AvgIpc) is 3.41. The van der Waals surface area contributed by atoms with E-state index in [1.165, 1.54) is 13.3 Å². The first-order valence-electron chi connectivity index (χ1n) is 12.4. The summed E-state index contributed by atoms with van der Waals surface area (Å²) in [5.74, 6) is 1.26. The molecule has 12 heteroatoms. The predicted molar refractivity (Wildman–Crippen MR) is 148 cm³/mol. The number of methoxy groups -OCH3 is 1. The number of esters is 1. The summed E-state index contributed by atoms with van der Waals surface area (Å²) >= 11 is 6.04. The lowest BCUT2D eigenvalue weighted by Crippen LogP contribution is -2.45. The van der Waals surface area contributed by atoms with E-state index >= 15 is 0 Å². The molecule has 0 aliphatic carbocycles. The number of rotatable bonds is 11. The SMILES string of the molecule is CCOc1cc([C@H]2NC(=O)NC(C)=C2C(=O)OC)ccc1OC[C@H](O)N/N=C\c1ccc(-c2cccc(Cl)c2)o1. The van der Waals surface area contributed by atoms with Crippen molar-refractivity contribution in [2.45, 2.75) is 26.1 Å². The van der Waals surface area contributed by atoms with Crippen molar-refractivity contribution in [1.82, 2.24) is 16.1 Å². The Labute approximate surface area is 235 Å². The van der Waals surface area contributed by atoms with Crippen LogP contribution in [-0.2, 0) is 9.53 Å². The fraction of sp³-hybridized carbons (Fsp3) is 0.250. The number of nitrogens with one attached hydrogen (secondary N) is 3. The Hall–Kier alpha value is -4.48. The molecular formula is C28H29ClN4O7. The smallest absolute Gasteiger partial charge is 0.337 e. The highest BCUT2D eigenvalue weighted by Gasteiger charge is 2.32. The largest absolute Gasteiger partial charge is 0.490 e. The number of hydrazone groups is 1. The van der Waals surface area contributed by atoms with Crippen LogP contribution >= 0.6 is 11.6 Å². The highest BCUT2D eigenvalue weighted by atomic mass is 35.5. The van der Waals surface area contributed by atoms with E-state index in [4.69, 9.17) is 30.2 Å². The van der Waals surface area contributed by atoms with Gasteiger partial charge in [0.15, 0.2) is 17.7 Å². The summed E-state index contributed by atoms with van der Waals surface area (Å²) in [7, 11) is 1.27. The van der Waals surface area contributed by atoms with Crippen LogP contribution in [0.5, 0.6) is 11.5 Å². The molecule has 1 aliphatic rings. The second kappa shape index (κ2) is 13.0. The van der Waals surface area contributed by atoms with Crippen LogP contribution in [-0.4, -0.2) is 49.9 Å². The molecule has 2 heterocycles. The topological polar surface area (TPSA) is 144 Å². The molecule has 2 aromatic carbocycles. The Morgan fingerprint density at radius 1 is 1.20 bits per heavy atom. The van der Waals surface area contributed by atoms with Gasteiger partial charge in [-0.2, -0.15) is 5.10 Å². The number of urea groups is 1. The van der Waals surface area contributed by atoms with Crippen LogP contribution in [0.15, 0.2) is 75.4 Å². The monoisotopic (exact) mass is 568 g/mol. The molecule has 40 heavy (non-hydrogen) atoms. The molecule has 0 saturated heterocycles. The van der Waals surface area contributed by atoms with Crippen molar-refractivity contribution in [3.8, 4) is 22.8 Å². The number of amides is 2. The minimum Gasteiger partial charge on any atom is -0.490 e. The van der Waals surface area contributed by atoms with Crippen LogP contribution < -0.4 is 25.5 Å². The molecule has 4 N–H and O–H groups in total. The van der Waals surface area contributed by atoms with Gasteiger partial charge in [-0.05, 0) is 55.8 Å². The minimum atomic E-state index is -1.15. The molecule has 0 radical (unpaired) electrons. The van der Waals surface area contributed by atoms with Crippen LogP contribution in [0.25, 0.3) is 11.3 Å². The third kappa shape index (κ3) is 6.93. The maximum atomic E-state index is 12.4. The van der Waals surface area contributed by atoms with Gasteiger partial charge in [0.25, 0.3) is 0 Å².